The molecule has 1 aliphatic heterocycles. The van der Waals surface area contributed by atoms with Crippen LogP contribution in [0.25, 0.3) is 0 Å². The van der Waals surface area contributed by atoms with E-state index in [9.17, 15) is 26.8 Å². The van der Waals surface area contributed by atoms with Gasteiger partial charge in [-0.2, -0.15) is 4.31 Å². The second kappa shape index (κ2) is 9.52. The third kappa shape index (κ3) is 5.26. The zero-order valence-electron chi connectivity index (χ0n) is 16.7. The minimum absolute atomic E-state index is 0.0279. The van der Waals surface area contributed by atoms with Gasteiger partial charge in [-0.25, -0.2) is 22.0 Å². The lowest BCUT2D eigenvalue weighted by atomic mass is 9.98. The number of halogens is 2. The summed E-state index contributed by atoms with van der Waals surface area (Å²) in [6.45, 7) is 1.88. The molecule has 1 heterocycles. The van der Waals surface area contributed by atoms with E-state index in [1.807, 2.05) is 0 Å². The molecule has 7 nitrogen and oxygen atoms in total. The molecule has 2 aromatic carbocycles. The Labute approximate surface area is 178 Å². The second-order valence-electron chi connectivity index (χ2n) is 6.92. The van der Waals surface area contributed by atoms with Crippen molar-refractivity contribution in [3.05, 3.63) is 59.7 Å². The van der Waals surface area contributed by atoms with E-state index >= 15 is 0 Å². The topological polar surface area (TPSA) is 90.0 Å². The van der Waals surface area contributed by atoms with Crippen molar-refractivity contribution in [2.75, 3.05) is 19.7 Å². The first kappa shape index (κ1) is 22.8. The lowest BCUT2D eigenvalue weighted by Crippen LogP contribution is -2.41. The van der Waals surface area contributed by atoms with Gasteiger partial charge in [0.25, 0.3) is 0 Å². The average molecular weight is 453 g/mol. The average Bonchev–Trinajstić information content (AvgIpc) is 2.76. The van der Waals surface area contributed by atoms with Crippen molar-refractivity contribution in [2.24, 2.45) is 5.92 Å². The lowest BCUT2D eigenvalue weighted by molar-refractivity contribution is -0.140. The maximum Gasteiger partial charge on any atom is 0.338 e. The van der Waals surface area contributed by atoms with Crippen LogP contribution in [0, 0.1) is 17.6 Å². The number of hydrogen-bond acceptors (Lipinski definition) is 6. The molecule has 1 saturated heterocycles. The van der Waals surface area contributed by atoms with Gasteiger partial charge < -0.3 is 9.47 Å². The number of ether oxygens (including phenoxy) is 2. The fourth-order valence-corrected chi connectivity index (χ4v) is 4.76. The van der Waals surface area contributed by atoms with E-state index in [1.54, 1.807) is 6.92 Å². The van der Waals surface area contributed by atoms with E-state index in [2.05, 4.69) is 0 Å². The molecule has 0 amide bonds. The summed E-state index contributed by atoms with van der Waals surface area (Å²) >= 11 is 0. The number of carbonyl (C=O) groups excluding carboxylic acids is 2. The van der Waals surface area contributed by atoms with Crippen LogP contribution in [0.2, 0.25) is 0 Å². The van der Waals surface area contributed by atoms with E-state index in [4.69, 9.17) is 9.47 Å². The van der Waals surface area contributed by atoms with Gasteiger partial charge in [-0.15, -0.1) is 0 Å². The van der Waals surface area contributed by atoms with Gasteiger partial charge in [0, 0.05) is 13.1 Å². The van der Waals surface area contributed by atoms with Crippen LogP contribution >= 0.6 is 0 Å². The van der Waals surface area contributed by atoms with Crippen LogP contribution in [0.1, 0.15) is 30.1 Å². The summed E-state index contributed by atoms with van der Waals surface area (Å²) in [7, 11) is -4.22. The minimum atomic E-state index is -4.22. The van der Waals surface area contributed by atoms with E-state index in [-0.39, 0.29) is 38.3 Å². The van der Waals surface area contributed by atoms with Gasteiger partial charge in [0.05, 0.1) is 18.1 Å². The number of carbonyl (C=O) groups is 2. The molecule has 166 valence electrons. The molecule has 0 spiro atoms. The Morgan fingerprint density at radius 2 is 1.71 bits per heavy atom. The molecule has 0 radical (unpaired) electrons. The Hall–Kier alpha value is -2.85. The highest BCUT2D eigenvalue weighted by atomic mass is 32.2. The van der Waals surface area contributed by atoms with Crippen LogP contribution in [0.5, 0.6) is 5.75 Å². The molecule has 0 aromatic heterocycles. The van der Waals surface area contributed by atoms with Crippen molar-refractivity contribution in [3.63, 3.8) is 0 Å². The van der Waals surface area contributed by atoms with Crippen LogP contribution in [0.4, 0.5) is 8.78 Å². The van der Waals surface area contributed by atoms with Crippen LogP contribution in [0.15, 0.2) is 47.4 Å². The number of hydrogen-bond donors (Lipinski definition) is 0. The SMILES string of the molecule is CCOC(=O)c1ccc(OC(=O)C2CCN(S(=O)(=O)c3cc(F)ccc3F)CC2)cc1. The van der Waals surface area contributed by atoms with Gasteiger partial charge in [0.2, 0.25) is 10.0 Å². The zero-order valence-corrected chi connectivity index (χ0v) is 17.5. The van der Waals surface area contributed by atoms with Crippen molar-refractivity contribution < 1.29 is 36.3 Å². The fourth-order valence-electron chi connectivity index (χ4n) is 3.22. The summed E-state index contributed by atoms with van der Waals surface area (Å²) < 4.78 is 63.8. The van der Waals surface area contributed by atoms with E-state index in [0.717, 1.165) is 16.4 Å². The summed E-state index contributed by atoms with van der Waals surface area (Å²) in [5.41, 5.74) is 0.324. The van der Waals surface area contributed by atoms with Crippen LogP contribution in [0.3, 0.4) is 0 Å². The van der Waals surface area contributed by atoms with Crippen molar-refractivity contribution in [2.45, 2.75) is 24.7 Å². The van der Waals surface area contributed by atoms with Crippen LogP contribution in [-0.4, -0.2) is 44.4 Å². The molecule has 31 heavy (non-hydrogen) atoms. The van der Waals surface area contributed by atoms with Gasteiger partial charge in [0.15, 0.2) is 0 Å². The third-order valence-electron chi connectivity index (χ3n) is 4.88. The summed E-state index contributed by atoms with van der Waals surface area (Å²) in [4.78, 5) is 23.3. The van der Waals surface area contributed by atoms with Crippen molar-refractivity contribution in [3.8, 4) is 5.75 Å². The molecule has 1 fully saturated rings. The highest BCUT2D eigenvalue weighted by Gasteiger charge is 2.34. The van der Waals surface area contributed by atoms with E-state index < -0.39 is 44.4 Å². The molecule has 2 aromatic rings. The zero-order chi connectivity index (χ0) is 22.6. The number of rotatable bonds is 6. The van der Waals surface area contributed by atoms with Crippen molar-refractivity contribution in [1.29, 1.82) is 0 Å². The normalized spacial score (nSPS) is 15.5. The maximum atomic E-state index is 13.9. The molecule has 0 saturated carbocycles. The summed E-state index contributed by atoms with van der Waals surface area (Å²) in [6, 6.07) is 8.14. The molecule has 0 aliphatic carbocycles. The van der Waals surface area contributed by atoms with Gasteiger partial charge in [-0.1, -0.05) is 0 Å². The molecule has 0 atom stereocenters. The van der Waals surface area contributed by atoms with E-state index in [1.165, 1.54) is 24.3 Å². The molecule has 0 unspecified atom stereocenters. The molecule has 10 heteroatoms. The Morgan fingerprint density at radius 3 is 2.32 bits per heavy atom. The first-order valence-corrected chi connectivity index (χ1v) is 11.1. The van der Waals surface area contributed by atoms with Gasteiger partial charge in [-0.3, -0.25) is 4.79 Å². The number of esters is 2. The molecular weight excluding hydrogens is 432 g/mol. The number of benzene rings is 2. The second-order valence-corrected chi connectivity index (χ2v) is 8.83. The first-order valence-electron chi connectivity index (χ1n) is 9.66. The molecule has 1 aliphatic rings. The molecule has 3 rings (SSSR count). The van der Waals surface area contributed by atoms with Crippen molar-refractivity contribution in [1.82, 2.24) is 4.31 Å². The van der Waals surface area contributed by atoms with E-state index in [0.29, 0.717) is 11.6 Å². The Morgan fingerprint density at radius 1 is 1.06 bits per heavy atom. The predicted octanol–water partition coefficient (Wildman–Crippen LogP) is 3.15. The number of piperidine rings is 1. The smallest absolute Gasteiger partial charge is 0.338 e. The number of nitrogens with zero attached hydrogens (tertiary/aromatic N) is 1. The lowest BCUT2D eigenvalue weighted by Gasteiger charge is -2.30. The third-order valence-corrected chi connectivity index (χ3v) is 6.80. The summed E-state index contributed by atoms with van der Waals surface area (Å²) in [5.74, 6) is -3.20. The highest BCUT2D eigenvalue weighted by Crippen LogP contribution is 2.27. The first-order chi connectivity index (χ1) is 14.7. The van der Waals surface area contributed by atoms with Gasteiger partial charge in [-0.05, 0) is 62.2 Å². The summed E-state index contributed by atoms with van der Waals surface area (Å²) in [5, 5.41) is 0. The van der Waals surface area contributed by atoms with Crippen LogP contribution < -0.4 is 4.74 Å². The Balaban J connectivity index is 1.60. The number of sulfonamides is 1. The van der Waals surface area contributed by atoms with Gasteiger partial charge in [0.1, 0.15) is 22.3 Å². The summed E-state index contributed by atoms with van der Waals surface area (Å²) in [6.07, 6.45) is 0.353. The Bertz CT molecular complexity index is 1060. The molecule has 0 N–H and O–H groups in total. The molecular formula is C21H21F2NO6S. The largest absolute Gasteiger partial charge is 0.462 e. The highest BCUT2D eigenvalue weighted by molar-refractivity contribution is 7.89. The van der Waals surface area contributed by atoms with Crippen molar-refractivity contribution >= 4 is 22.0 Å². The molecule has 0 bridgehead atoms. The van der Waals surface area contributed by atoms with Crippen LogP contribution in [-0.2, 0) is 19.6 Å². The predicted molar refractivity (Wildman–Crippen MR) is 106 cm³/mol. The van der Waals surface area contributed by atoms with Gasteiger partial charge >= 0.3 is 11.9 Å². The fraction of sp³-hybridized carbons (Fsp3) is 0.333. The Kier molecular flexibility index (Phi) is 7.01. The maximum absolute atomic E-state index is 13.9. The quantitative estimate of drug-likeness (QED) is 0.493. The monoisotopic (exact) mass is 453 g/mol. The minimum Gasteiger partial charge on any atom is -0.462 e. The standard InChI is InChI=1S/C21H21F2NO6S/c1-2-29-20(25)14-3-6-17(7-4-14)30-21(26)15-9-11-24(12-10-15)31(27,28)19-13-16(22)5-8-18(19)23/h3-8,13,15H,2,9-12H2,1H3.